The zero-order valence-electron chi connectivity index (χ0n) is 20.0. The molecule has 178 valence electrons. The zero-order valence-corrected chi connectivity index (χ0v) is 20.8. The lowest BCUT2D eigenvalue weighted by Gasteiger charge is -2.28. The Hall–Kier alpha value is -2.52. The van der Waals surface area contributed by atoms with E-state index in [-0.39, 0.29) is 0 Å². The maximum absolute atomic E-state index is 6.06. The third kappa shape index (κ3) is 5.35. The Morgan fingerprint density at radius 1 is 1.12 bits per heavy atom. The highest BCUT2D eigenvalue weighted by atomic mass is 32.2. The molecular formula is C24H33N5O3S. The van der Waals surface area contributed by atoms with Crippen LogP contribution in [0.5, 0.6) is 11.5 Å². The number of unbranched alkanes of at least 4 members (excludes halogenated alkanes) is 1. The molecule has 1 fully saturated rings. The van der Waals surface area contributed by atoms with Crippen molar-refractivity contribution in [1.82, 2.24) is 19.5 Å². The molecule has 4 rings (SSSR count). The molecule has 3 heterocycles. The van der Waals surface area contributed by atoms with Crippen molar-refractivity contribution in [2.24, 2.45) is 7.05 Å². The number of anilines is 1. The normalized spacial score (nSPS) is 14.1. The summed E-state index contributed by atoms with van der Waals surface area (Å²) in [7, 11) is 3.70. The van der Waals surface area contributed by atoms with E-state index in [0.29, 0.717) is 25.6 Å². The largest absolute Gasteiger partial charge is 0.497 e. The van der Waals surface area contributed by atoms with Crippen LogP contribution in [0.15, 0.2) is 23.4 Å². The van der Waals surface area contributed by atoms with E-state index in [4.69, 9.17) is 29.2 Å². The zero-order chi connectivity index (χ0) is 23.2. The second-order valence-electron chi connectivity index (χ2n) is 8.01. The monoisotopic (exact) mass is 471 g/mol. The maximum Gasteiger partial charge on any atom is 0.191 e. The Labute approximate surface area is 199 Å². The number of methoxy groups -OCH3 is 1. The fourth-order valence-corrected chi connectivity index (χ4v) is 4.66. The van der Waals surface area contributed by atoms with Crippen molar-refractivity contribution in [2.45, 2.75) is 44.0 Å². The lowest BCUT2D eigenvalue weighted by molar-refractivity contribution is 0.122. The molecule has 0 radical (unpaired) electrons. The molecule has 1 aromatic carbocycles. The molecule has 2 aromatic heterocycles. The van der Waals surface area contributed by atoms with Crippen LogP contribution in [0.25, 0.3) is 11.2 Å². The van der Waals surface area contributed by atoms with Crippen molar-refractivity contribution >= 4 is 28.7 Å². The Morgan fingerprint density at radius 3 is 2.67 bits per heavy atom. The first kappa shape index (κ1) is 23.6. The number of rotatable bonds is 10. The van der Waals surface area contributed by atoms with E-state index < -0.39 is 0 Å². The average Bonchev–Trinajstić information content (AvgIpc) is 3.18. The summed E-state index contributed by atoms with van der Waals surface area (Å²) >= 11 is 1.62. The van der Waals surface area contributed by atoms with E-state index in [0.717, 1.165) is 77.4 Å². The second-order valence-corrected chi connectivity index (χ2v) is 8.95. The van der Waals surface area contributed by atoms with E-state index in [9.17, 15) is 0 Å². The molecule has 0 aliphatic carbocycles. The number of fused-ring (bicyclic) bond motifs is 1. The molecule has 8 nitrogen and oxygen atoms in total. The van der Waals surface area contributed by atoms with E-state index >= 15 is 0 Å². The third-order valence-corrected chi connectivity index (χ3v) is 6.68. The SMILES string of the molecule is CCCCOc1cc(OC)ccc1CSc1nc(N2CCOCC2)c2nc(CC)n(C)c2n1. The van der Waals surface area contributed by atoms with Crippen molar-refractivity contribution < 1.29 is 14.2 Å². The molecule has 0 saturated carbocycles. The fraction of sp³-hybridized carbons (Fsp3) is 0.542. The van der Waals surface area contributed by atoms with Crippen LogP contribution in [-0.2, 0) is 24.0 Å². The molecule has 0 N–H and O–H groups in total. The van der Waals surface area contributed by atoms with Crippen LogP contribution in [0, 0.1) is 0 Å². The van der Waals surface area contributed by atoms with Crippen LogP contribution in [0.3, 0.4) is 0 Å². The molecule has 3 aromatic rings. The minimum atomic E-state index is 0.694. The lowest BCUT2D eigenvalue weighted by atomic mass is 10.2. The number of benzene rings is 1. The van der Waals surface area contributed by atoms with Crippen LogP contribution in [-0.4, -0.2) is 59.5 Å². The van der Waals surface area contributed by atoms with Crippen molar-refractivity contribution in [1.29, 1.82) is 0 Å². The summed E-state index contributed by atoms with van der Waals surface area (Å²) in [5.74, 6) is 4.27. The van der Waals surface area contributed by atoms with Crippen molar-refractivity contribution in [3.05, 3.63) is 29.6 Å². The van der Waals surface area contributed by atoms with Crippen molar-refractivity contribution in [3.8, 4) is 11.5 Å². The summed E-state index contributed by atoms with van der Waals surface area (Å²) in [6.07, 6.45) is 2.96. The van der Waals surface area contributed by atoms with Crippen molar-refractivity contribution in [3.63, 3.8) is 0 Å². The van der Waals surface area contributed by atoms with Gasteiger partial charge in [0.1, 0.15) is 17.3 Å². The van der Waals surface area contributed by atoms with E-state index in [1.807, 2.05) is 19.2 Å². The summed E-state index contributed by atoms with van der Waals surface area (Å²) in [6.45, 7) is 7.98. The standard InChI is InChI=1S/C24H33N5O3S/c1-5-7-12-32-19-15-18(30-4)9-8-17(19)16-33-24-26-22-21(25-20(6-2)28(22)3)23(27-24)29-10-13-31-14-11-29/h8-9,15H,5-7,10-14,16H2,1-4H3. The molecule has 0 unspecified atom stereocenters. The summed E-state index contributed by atoms with van der Waals surface area (Å²) in [4.78, 5) is 16.9. The van der Waals surface area contributed by atoms with Crippen LogP contribution in [0.4, 0.5) is 5.82 Å². The van der Waals surface area contributed by atoms with Gasteiger partial charge in [0.15, 0.2) is 22.1 Å². The van der Waals surface area contributed by atoms with Crippen LogP contribution < -0.4 is 14.4 Å². The topological polar surface area (TPSA) is 74.5 Å². The number of thioether (sulfide) groups is 1. The summed E-state index contributed by atoms with van der Waals surface area (Å²) in [5.41, 5.74) is 2.85. The summed E-state index contributed by atoms with van der Waals surface area (Å²) in [6, 6.07) is 6.00. The smallest absolute Gasteiger partial charge is 0.191 e. The minimum Gasteiger partial charge on any atom is -0.497 e. The van der Waals surface area contributed by atoms with Gasteiger partial charge in [-0.3, -0.25) is 0 Å². The van der Waals surface area contributed by atoms with Gasteiger partial charge in [-0.15, -0.1) is 0 Å². The highest BCUT2D eigenvalue weighted by molar-refractivity contribution is 7.98. The van der Waals surface area contributed by atoms with Gasteiger partial charge in [0.25, 0.3) is 0 Å². The summed E-state index contributed by atoms with van der Waals surface area (Å²) < 4.78 is 19.1. The van der Waals surface area contributed by atoms with Crippen molar-refractivity contribution in [2.75, 3.05) is 44.9 Å². The molecule has 0 bridgehead atoms. The number of aromatic nitrogens is 4. The highest BCUT2D eigenvalue weighted by Crippen LogP contribution is 2.33. The number of morpholine rings is 1. The van der Waals surface area contributed by atoms with Crippen LogP contribution in [0.2, 0.25) is 0 Å². The Balaban J connectivity index is 1.63. The molecular weight excluding hydrogens is 438 g/mol. The fourth-order valence-electron chi connectivity index (χ4n) is 3.83. The number of aryl methyl sites for hydroxylation is 2. The van der Waals surface area contributed by atoms with E-state index in [1.54, 1.807) is 18.9 Å². The Kier molecular flexibility index (Phi) is 7.93. The van der Waals surface area contributed by atoms with Gasteiger partial charge in [0.2, 0.25) is 0 Å². The maximum atomic E-state index is 6.06. The van der Waals surface area contributed by atoms with Crippen LogP contribution >= 0.6 is 11.8 Å². The quantitative estimate of drug-likeness (QED) is 0.247. The number of ether oxygens (including phenoxy) is 3. The Bertz CT molecular complexity index is 1080. The molecule has 0 amide bonds. The molecule has 9 heteroatoms. The number of hydrogen-bond acceptors (Lipinski definition) is 8. The third-order valence-electron chi connectivity index (χ3n) is 5.79. The van der Waals surface area contributed by atoms with Gasteiger partial charge in [0, 0.05) is 43.9 Å². The molecule has 1 saturated heterocycles. The first-order valence-electron chi connectivity index (χ1n) is 11.6. The molecule has 33 heavy (non-hydrogen) atoms. The summed E-state index contributed by atoms with van der Waals surface area (Å²) in [5, 5.41) is 0.741. The number of hydrogen-bond donors (Lipinski definition) is 0. The first-order valence-corrected chi connectivity index (χ1v) is 12.6. The van der Waals surface area contributed by atoms with Gasteiger partial charge in [-0.1, -0.05) is 38.1 Å². The van der Waals surface area contributed by atoms with Gasteiger partial charge >= 0.3 is 0 Å². The lowest BCUT2D eigenvalue weighted by Crippen LogP contribution is -2.37. The minimum absolute atomic E-state index is 0.694. The van der Waals surface area contributed by atoms with Crippen LogP contribution in [0.1, 0.15) is 38.1 Å². The molecule has 1 aliphatic heterocycles. The highest BCUT2D eigenvalue weighted by Gasteiger charge is 2.22. The van der Waals surface area contributed by atoms with Gasteiger partial charge in [-0.25, -0.2) is 15.0 Å². The Morgan fingerprint density at radius 2 is 1.94 bits per heavy atom. The predicted molar refractivity (Wildman–Crippen MR) is 132 cm³/mol. The van der Waals surface area contributed by atoms with E-state index in [1.165, 1.54) is 0 Å². The number of imidazole rings is 1. The van der Waals surface area contributed by atoms with Gasteiger partial charge in [-0.05, 0) is 12.5 Å². The van der Waals surface area contributed by atoms with Gasteiger partial charge < -0.3 is 23.7 Å². The molecule has 0 spiro atoms. The molecule has 1 aliphatic rings. The average molecular weight is 472 g/mol. The predicted octanol–water partition coefficient (Wildman–Crippen LogP) is 4.24. The van der Waals surface area contributed by atoms with Gasteiger partial charge in [-0.2, -0.15) is 0 Å². The van der Waals surface area contributed by atoms with Gasteiger partial charge in [0.05, 0.1) is 26.9 Å². The molecule has 0 atom stereocenters. The second kappa shape index (κ2) is 11.1. The number of nitrogens with zero attached hydrogens (tertiary/aromatic N) is 5. The van der Waals surface area contributed by atoms with E-state index in [2.05, 4.69) is 29.4 Å². The first-order chi connectivity index (χ1) is 16.1.